The second-order valence-electron chi connectivity index (χ2n) is 3.71. The van der Waals surface area contributed by atoms with Gasteiger partial charge in [0.1, 0.15) is 6.33 Å². The first-order valence-corrected chi connectivity index (χ1v) is 5.70. The van der Waals surface area contributed by atoms with Crippen LogP contribution in [0.1, 0.15) is 25.7 Å². The second-order valence-corrected chi connectivity index (χ2v) is 3.71. The molecule has 0 aliphatic rings. The van der Waals surface area contributed by atoms with Crippen molar-refractivity contribution in [2.45, 2.75) is 25.7 Å². The molecule has 0 atom stereocenters. The maximum atomic E-state index is 11.4. The van der Waals surface area contributed by atoms with Crippen molar-refractivity contribution >= 4 is 17.7 Å². The average molecular weight is 252 g/mol. The third-order valence-electron chi connectivity index (χ3n) is 2.17. The van der Waals surface area contributed by atoms with E-state index in [1.807, 2.05) is 0 Å². The number of amides is 2. The molecule has 3 N–H and O–H groups in total. The van der Waals surface area contributed by atoms with Crippen LogP contribution in [0, 0.1) is 0 Å². The number of aliphatic carboxylic acids is 1. The largest absolute Gasteiger partial charge is 0.481 e. The van der Waals surface area contributed by atoms with Crippen LogP contribution in [0.2, 0.25) is 0 Å². The molecule has 98 valence electrons. The lowest BCUT2D eigenvalue weighted by Crippen LogP contribution is -2.29. The van der Waals surface area contributed by atoms with Crippen LogP contribution in [0.15, 0.2) is 18.7 Å². The summed E-state index contributed by atoms with van der Waals surface area (Å²) in [5.41, 5.74) is 0.529. The number of nitrogens with zero attached hydrogens (tertiary/aromatic N) is 2. The number of nitrogens with one attached hydrogen (secondary N) is 2. The number of hydrogen-bond donors (Lipinski definition) is 3. The summed E-state index contributed by atoms with van der Waals surface area (Å²) >= 11 is 0. The molecule has 0 aliphatic carbocycles. The predicted molar refractivity (Wildman–Crippen MR) is 65.2 cm³/mol. The zero-order chi connectivity index (χ0) is 13.2. The molecule has 18 heavy (non-hydrogen) atoms. The maximum absolute atomic E-state index is 11.4. The van der Waals surface area contributed by atoms with Crippen LogP contribution >= 0.6 is 0 Å². The molecule has 0 fully saturated rings. The van der Waals surface area contributed by atoms with Gasteiger partial charge >= 0.3 is 12.0 Å². The Morgan fingerprint density at radius 1 is 1.17 bits per heavy atom. The molecule has 1 rings (SSSR count). The number of carboxylic acids is 1. The molecule has 1 aromatic rings. The lowest BCUT2D eigenvalue weighted by Gasteiger charge is -2.06. The first kappa shape index (κ1) is 13.9. The molecule has 1 aromatic heterocycles. The summed E-state index contributed by atoms with van der Waals surface area (Å²) in [6.45, 7) is 0.513. The van der Waals surface area contributed by atoms with Gasteiger partial charge in [-0.25, -0.2) is 14.8 Å². The van der Waals surface area contributed by atoms with Crippen LogP contribution in [0.3, 0.4) is 0 Å². The Morgan fingerprint density at radius 2 is 1.89 bits per heavy atom. The topological polar surface area (TPSA) is 104 Å². The quantitative estimate of drug-likeness (QED) is 0.633. The minimum atomic E-state index is -0.787. The molecule has 7 nitrogen and oxygen atoms in total. The summed E-state index contributed by atoms with van der Waals surface area (Å²) in [7, 11) is 0. The SMILES string of the molecule is O=C(O)CCCCCNC(=O)Nc1cncnc1. The third-order valence-corrected chi connectivity index (χ3v) is 2.17. The minimum absolute atomic E-state index is 0.174. The fourth-order valence-corrected chi connectivity index (χ4v) is 1.32. The van der Waals surface area contributed by atoms with E-state index < -0.39 is 5.97 Å². The summed E-state index contributed by atoms with van der Waals surface area (Å²) in [5, 5.41) is 13.7. The third kappa shape index (κ3) is 6.41. The molecule has 0 aliphatic heterocycles. The fraction of sp³-hybridized carbons (Fsp3) is 0.455. The van der Waals surface area contributed by atoms with E-state index in [1.54, 1.807) is 0 Å². The molecule has 2 amide bonds. The van der Waals surface area contributed by atoms with Crippen LogP contribution in [0.4, 0.5) is 10.5 Å². The number of carboxylic acid groups (broad SMARTS) is 1. The van der Waals surface area contributed by atoms with Crippen LogP contribution in [-0.4, -0.2) is 33.6 Å². The second kappa shape index (κ2) is 7.99. The first-order chi connectivity index (χ1) is 8.68. The Kier molecular flexibility index (Phi) is 6.16. The van der Waals surface area contributed by atoms with Crippen molar-refractivity contribution in [3.63, 3.8) is 0 Å². The van der Waals surface area contributed by atoms with Gasteiger partial charge in [-0.2, -0.15) is 0 Å². The number of carbonyl (C=O) groups excluding carboxylic acids is 1. The van der Waals surface area contributed by atoms with E-state index in [0.29, 0.717) is 18.7 Å². The molecular formula is C11H16N4O3. The van der Waals surface area contributed by atoms with Gasteiger partial charge < -0.3 is 15.7 Å². The summed E-state index contributed by atoms with van der Waals surface area (Å²) in [6, 6.07) is -0.317. The fourth-order valence-electron chi connectivity index (χ4n) is 1.32. The van der Waals surface area contributed by atoms with Gasteiger partial charge in [-0.15, -0.1) is 0 Å². The van der Waals surface area contributed by atoms with E-state index in [-0.39, 0.29) is 12.5 Å². The first-order valence-electron chi connectivity index (χ1n) is 5.70. The van der Waals surface area contributed by atoms with E-state index in [1.165, 1.54) is 18.7 Å². The number of anilines is 1. The molecule has 0 saturated heterocycles. The Labute approximate surface area is 105 Å². The van der Waals surface area contributed by atoms with Gasteiger partial charge in [-0.1, -0.05) is 6.42 Å². The molecule has 0 spiro atoms. The van der Waals surface area contributed by atoms with Crippen molar-refractivity contribution in [2.24, 2.45) is 0 Å². The Bertz CT molecular complexity index is 383. The highest BCUT2D eigenvalue weighted by atomic mass is 16.4. The van der Waals surface area contributed by atoms with Crippen molar-refractivity contribution in [2.75, 3.05) is 11.9 Å². The Morgan fingerprint density at radius 3 is 2.56 bits per heavy atom. The highest BCUT2D eigenvalue weighted by Gasteiger charge is 2.01. The molecule has 0 aromatic carbocycles. The van der Waals surface area contributed by atoms with E-state index in [2.05, 4.69) is 20.6 Å². The number of unbranched alkanes of at least 4 members (excludes halogenated alkanes) is 2. The molecule has 0 radical (unpaired) electrons. The van der Waals surface area contributed by atoms with Gasteiger partial charge in [-0.3, -0.25) is 4.79 Å². The van der Waals surface area contributed by atoms with Gasteiger partial charge in [0.15, 0.2) is 0 Å². The van der Waals surface area contributed by atoms with Gasteiger partial charge in [0.25, 0.3) is 0 Å². The lowest BCUT2D eigenvalue weighted by atomic mass is 10.2. The van der Waals surface area contributed by atoms with Crippen molar-refractivity contribution in [1.82, 2.24) is 15.3 Å². The summed E-state index contributed by atoms with van der Waals surface area (Å²) in [6.07, 6.45) is 6.72. The van der Waals surface area contributed by atoms with E-state index in [4.69, 9.17) is 5.11 Å². The zero-order valence-electron chi connectivity index (χ0n) is 9.93. The number of hydrogen-bond acceptors (Lipinski definition) is 4. The molecule has 0 unspecified atom stereocenters. The van der Waals surface area contributed by atoms with Crippen LogP contribution in [0.25, 0.3) is 0 Å². The van der Waals surface area contributed by atoms with Crippen molar-refractivity contribution in [1.29, 1.82) is 0 Å². The predicted octanol–water partition coefficient (Wildman–Crippen LogP) is 1.24. The molecule has 1 heterocycles. The maximum Gasteiger partial charge on any atom is 0.319 e. The van der Waals surface area contributed by atoms with E-state index >= 15 is 0 Å². The van der Waals surface area contributed by atoms with Crippen molar-refractivity contribution in [3.05, 3.63) is 18.7 Å². The van der Waals surface area contributed by atoms with Gasteiger partial charge in [-0.05, 0) is 12.8 Å². The number of rotatable bonds is 7. The number of urea groups is 1. The van der Waals surface area contributed by atoms with E-state index in [9.17, 15) is 9.59 Å². The summed E-state index contributed by atoms with van der Waals surface area (Å²) < 4.78 is 0. The van der Waals surface area contributed by atoms with Gasteiger partial charge in [0, 0.05) is 13.0 Å². The lowest BCUT2D eigenvalue weighted by molar-refractivity contribution is -0.137. The standard InChI is InChI=1S/C11H16N4O3/c16-10(17)4-2-1-3-5-14-11(18)15-9-6-12-8-13-7-9/h6-8H,1-5H2,(H,16,17)(H2,14,15,18). The highest BCUT2D eigenvalue weighted by molar-refractivity contribution is 5.88. The van der Waals surface area contributed by atoms with Crippen LogP contribution in [-0.2, 0) is 4.79 Å². The Hall–Kier alpha value is -2.18. The molecule has 0 bridgehead atoms. The molecule has 7 heteroatoms. The zero-order valence-corrected chi connectivity index (χ0v) is 9.93. The van der Waals surface area contributed by atoms with Crippen LogP contribution < -0.4 is 10.6 Å². The van der Waals surface area contributed by atoms with Gasteiger partial charge in [0.05, 0.1) is 18.1 Å². The summed E-state index contributed by atoms with van der Waals surface area (Å²) in [4.78, 5) is 29.2. The molecule has 0 saturated carbocycles. The Balaban J connectivity index is 2.05. The normalized spacial score (nSPS) is 9.78. The highest BCUT2D eigenvalue weighted by Crippen LogP contribution is 2.00. The van der Waals surface area contributed by atoms with Crippen LogP contribution in [0.5, 0.6) is 0 Å². The van der Waals surface area contributed by atoms with Gasteiger partial charge in [0.2, 0.25) is 0 Å². The molecular weight excluding hydrogens is 236 g/mol. The average Bonchev–Trinajstić information content (AvgIpc) is 2.34. The number of aromatic nitrogens is 2. The van der Waals surface area contributed by atoms with Crippen molar-refractivity contribution < 1.29 is 14.7 Å². The number of carbonyl (C=O) groups is 2. The minimum Gasteiger partial charge on any atom is -0.481 e. The smallest absolute Gasteiger partial charge is 0.319 e. The van der Waals surface area contributed by atoms with Crippen molar-refractivity contribution in [3.8, 4) is 0 Å². The van der Waals surface area contributed by atoms with E-state index in [0.717, 1.165) is 12.8 Å². The summed E-state index contributed by atoms with van der Waals surface area (Å²) in [5.74, 6) is -0.787. The monoisotopic (exact) mass is 252 g/mol.